The Labute approximate surface area is 129 Å². The Bertz CT molecular complexity index is 746. The molecule has 1 aromatic carbocycles. The van der Waals surface area contributed by atoms with E-state index in [2.05, 4.69) is 4.98 Å². The third-order valence-corrected chi connectivity index (χ3v) is 4.18. The van der Waals surface area contributed by atoms with E-state index in [0.29, 0.717) is 5.70 Å². The van der Waals surface area contributed by atoms with E-state index < -0.39 is 0 Å². The summed E-state index contributed by atoms with van der Waals surface area (Å²) in [5, 5.41) is 1.15. The van der Waals surface area contributed by atoms with Crippen molar-refractivity contribution in [1.29, 1.82) is 0 Å². The molecule has 1 aromatic heterocycles. The van der Waals surface area contributed by atoms with Crippen LogP contribution in [0.5, 0.6) is 5.75 Å². The van der Waals surface area contributed by atoms with Crippen LogP contribution in [0.1, 0.15) is 18.2 Å². The fourth-order valence-corrected chi connectivity index (χ4v) is 2.98. The summed E-state index contributed by atoms with van der Waals surface area (Å²) in [5.41, 5.74) is 3.84. The lowest BCUT2D eigenvalue weighted by atomic mass is 10.1. The highest BCUT2D eigenvalue weighted by atomic mass is 16.5. The zero-order valence-corrected chi connectivity index (χ0v) is 13.1. The quantitative estimate of drug-likeness (QED) is 0.885. The summed E-state index contributed by atoms with van der Waals surface area (Å²) in [4.78, 5) is 17.5. The first-order valence-electron chi connectivity index (χ1n) is 7.41. The van der Waals surface area contributed by atoms with Gasteiger partial charge in [0.05, 0.1) is 14.2 Å². The molecule has 0 bridgehead atoms. The lowest BCUT2D eigenvalue weighted by molar-refractivity contribution is -0.137. The van der Waals surface area contributed by atoms with Crippen molar-refractivity contribution in [3.05, 3.63) is 35.2 Å². The average molecular weight is 300 g/mol. The minimum atomic E-state index is -0.300. The molecule has 0 radical (unpaired) electrons. The van der Waals surface area contributed by atoms with Crippen LogP contribution >= 0.6 is 0 Å². The number of carbonyl (C=O) groups is 1. The zero-order chi connectivity index (χ0) is 15.7. The van der Waals surface area contributed by atoms with E-state index in [9.17, 15) is 4.79 Å². The minimum Gasteiger partial charge on any atom is -0.497 e. The second kappa shape index (κ2) is 5.75. The molecule has 3 rings (SSSR count). The smallest absolute Gasteiger partial charge is 0.354 e. The molecule has 2 heterocycles. The number of fused-ring (bicyclic) bond motifs is 3. The summed E-state index contributed by atoms with van der Waals surface area (Å²) in [5.74, 6) is 0.536. The highest BCUT2D eigenvalue weighted by molar-refractivity contribution is 5.96. The van der Waals surface area contributed by atoms with Gasteiger partial charge in [-0.3, -0.25) is 0 Å². The van der Waals surface area contributed by atoms with Gasteiger partial charge in [-0.1, -0.05) is 0 Å². The predicted molar refractivity (Wildman–Crippen MR) is 85.8 cm³/mol. The summed E-state index contributed by atoms with van der Waals surface area (Å²) in [7, 11) is 3.08. The Kier molecular flexibility index (Phi) is 3.79. The van der Waals surface area contributed by atoms with Crippen LogP contribution in [-0.4, -0.2) is 43.2 Å². The second-order valence-corrected chi connectivity index (χ2v) is 5.28. The maximum Gasteiger partial charge on any atom is 0.354 e. The normalized spacial score (nSPS) is 14.3. The van der Waals surface area contributed by atoms with Gasteiger partial charge < -0.3 is 19.4 Å². The van der Waals surface area contributed by atoms with Gasteiger partial charge in [0, 0.05) is 29.7 Å². The Morgan fingerprint density at radius 2 is 2.18 bits per heavy atom. The van der Waals surface area contributed by atoms with Gasteiger partial charge >= 0.3 is 5.97 Å². The number of likely N-dealkylation sites (N-methyl/N-ethyl adjacent to an activating group) is 1. The summed E-state index contributed by atoms with van der Waals surface area (Å²) >= 11 is 0. The van der Waals surface area contributed by atoms with Crippen LogP contribution < -0.4 is 4.74 Å². The first-order valence-corrected chi connectivity index (χ1v) is 7.41. The molecule has 0 saturated carbocycles. The molecule has 2 aromatic rings. The Hall–Kier alpha value is -2.43. The Balaban J connectivity index is 2.15. The molecular formula is C17H20N2O3. The lowest BCUT2D eigenvalue weighted by Crippen LogP contribution is -2.29. The maximum atomic E-state index is 12.0. The maximum absolute atomic E-state index is 12.0. The van der Waals surface area contributed by atoms with E-state index in [1.807, 2.05) is 36.1 Å². The second-order valence-electron chi connectivity index (χ2n) is 5.28. The van der Waals surface area contributed by atoms with E-state index >= 15 is 0 Å². The predicted octanol–water partition coefficient (Wildman–Crippen LogP) is 2.57. The van der Waals surface area contributed by atoms with Gasteiger partial charge in [-0.15, -0.1) is 0 Å². The zero-order valence-electron chi connectivity index (χ0n) is 13.1. The van der Waals surface area contributed by atoms with E-state index in [4.69, 9.17) is 9.47 Å². The van der Waals surface area contributed by atoms with Crippen LogP contribution in [0.4, 0.5) is 0 Å². The largest absolute Gasteiger partial charge is 0.497 e. The van der Waals surface area contributed by atoms with Crippen LogP contribution in [-0.2, 0) is 16.0 Å². The molecule has 1 aliphatic heterocycles. The van der Waals surface area contributed by atoms with Crippen LogP contribution in [0, 0.1) is 0 Å². The number of H-pyrrole nitrogens is 1. The van der Waals surface area contributed by atoms with E-state index in [-0.39, 0.29) is 5.97 Å². The molecule has 0 unspecified atom stereocenters. The van der Waals surface area contributed by atoms with Crippen LogP contribution in [0.25, 0.3) is 17.0 Å². The lowest BCUT2D eigenvalue weighted by Gasteiger charge is -2.22. The van der Waals surface area contributed by atoms with Crippen molar-refractivity contribution in [2.45, 2.75) is 13.3 Å². The van der Waals surface area contributed by atoms with Gasteiger partial charge in [0.25, 0.3) is 0 Å². The van der Waals surface area contributed by atoms with Crippen molar-refractivity contribution in [2.24, 2.45) is 0 Å². The van der Waals surface area contributed by atoms with Gasteiger partial charge in [-0.2, -0.15) is 0 Å². The van der Waals surface area contributed by atoms with Gasteiger partial charge in [0.15, 0.2) is 0 Å². The molecule has 1 N–H and O–H groups in total. The number of nitrogens with zero attached hydrogens (tertiary/aromatic N) is 1. The van der Waals surface area contributed by atoms with Crippen LogP contribution in [0.15, 0.2) is 23.9 Å². The number of nitrogens with one attached hydrogen (secondary N) is 1. The monoisotopic (exact) mass is 300 g/mol. The number of aromatic amines is 1. The van der Waals surface area contributed by atoms with Crippen LogP contribution in [0.2, 0.25) is 0 Å². The molecule has 5 heteroatoms. The van der Waals surface area contributed by atoms with Crippen LogP contribution in [0.3, 0.4) is 0 Å². The Morgan fingerprint density at radius 1 is 1.36 bits per heavy atom. The summed E-state index contributed by atoms with van der Waals surface area (Å²) < 4.78 is 10.2. The van der Waals surface area contributed by atoms with Gasteiger partial charge in [-0.25, -0.2) is 4.79 Å². The topological polar surface area (TPSA) is 54.6 Å². The van der Waals surface area contributed by atoms with Crippen molar-refractivity contribution in [2.75, 3.05) is 27.3 Å². The number of methoxy groups -OCH3 is 2. The molecule has 0 saturated heterocycles. The molecule has 5 nitrogen and oxygen atoms in total. The standard InChI is InChI=1S/C17H20N2O3/c1-4-19-8-7-12-13-9-11(21-2)5-6-14(13)18-15(12)10-16(19)17(20)22-3/h5-6,9-10,18H,4,7-8H2,1-3H3. The van der Waals surface area contributed by atoms with Crippen molar-refractivity contribution in [3.8, 4) is 5.75 Å². The van der Waals surface area contributed by atoms with Gasteiger partial charge in [-0.05, 0) is 43.2 Å². The van der Waals surface area contributed by atoms with Gasteiger partial charge in [0.1, 0.15) is 11.4 Å². The van der Waals surface area contributed by atoms with Crippen molar-refractivity contribution in [3.63, 3.8) is 0 Å². The molecule has 22 heavy (non-hydrogen) atoms. The fraction of sp³-hybridized carbons (Fsp3) is 0.353. The number of hydrogen-bond acceptors (Lipinski definition) is 4. The van der Waals surface area contributed by atoms with Crippen molar-refractivity contribution in [1.82, 2.24) is 9.88 Å². The number of benzene rings is 1. The number of ether oxygens (including phenoxy) is 2. The minimum absolute atomic E-state index is 0.300. The molecule has 0 aliphatic carbocycles. The number of aromatic nitrogens is 1. The third-order valence-electron chi connectivity index (χ3n) is 4.18. The SMILES string of the molecule is CCN1CCc2c([nH]c3ccc(OC)cc23)C=C1C(=O)OC. The van der Waals surface area contributed by atoms with E-state index in [1.165, 1.54) is 12.7 Å². The first-order chi connectivity index (χ1) is 10.7. The number of esters is 1. The number of rotatable bonds is 3. The highest BCUT2D eigenvalue weighted by Crippen LogP contribution is 2.31. The molecule has 1 aliphatic rings. The number of hydrogen-bond donors (Lipinski definition) is 1. The van der Waals surface area contributed by atoms with Crippen molar-refractivity contribution >= 4 is 22.9 Å². The Morgan fingerprint density at radius 3 is 2.86 bits per heavy atom. The van der Waals surface area contributed by atoms with Crippen molar-refractivity contribution < 1.29 is 14.3 Å². The van der Waals surface area contributed by atoms with E-state index in [1.54, 1.807) is 7.11 Å². The molecule has 116 valence electrons. The average Bonchev–Trinajstić information content (AvgIpc) is 2.78. The summed E-state index contributed by atoms with van der Waals surface area (Å²) in [6, 6.07) is 5.98. The molecule has 0 spiro atoms. The third kappa shape index (κ3) is 2.32. The summed E-state index contributed by atoms with van der Waals surface area (Å²) in [6.07, 6.45) is 2.76. The first kappa shape index (κ1) is 14.5. The molecule has 0 amide bonds. The van der Waals surface area contributed by atoms with E-state index in [0.717, 1.165) is 41.9 Å². The molecule has 0 atom stereocenters. The number of carbonyl (C=O) groups excluding carboxylic acids is 1. The highest BCUT2D eigenvalue weighted by Gasteiger charge is 2.23. The molecular weight excluding hydrogens is 280 g/mol. The molecule has 0 fully saturated rings. The van der Waals surface area contributed by atoms with Gasteiger partial charge in [0.2, 0.25) is 0 Å². The fourth-order valence-electron chi connectivity index (χ4n) is 2.98. The summed E-state index contributed by atoms with van der Waals surface area (Å²) in [6.45, 7) is 3.60.